The fourth-order valence-corrected chi connectivity index (χ4v) is 2.56. The van der Waals surface area contributed by atoms with Gasteiger partial charge in [-0.3, -0.25) is 15.6 Å². The van der Waals surface area contributed by atoms with Crippen LogP contribution in [0, 0.1) is 5.92 Å². The van der Waals surface area contributed by atoms with E-state index in [2.05, 4.69) is 20.8 Å². The lowest BCUT2D eigenvalue weighted by molar-refractivity contribution is -0.123. The van der Waals surface area contributed by atoms with Gasteiger partial charge in [0.2, 0.25) is 5.91 Å². The van der Waals surface area contributed by atoms with Gasteiger partial charge in [0.25, 0.3) is 0 Å². The number of hydrogen-bond acceptors (Lipinski definition) is 5. The van der Waals surface area contributed by atoms with E-state index in [1.165, 1.54) is 6.33 Å². The number of aromatic nitrogens is 2. The van der Waals surface area contributed by atoms with Crippen molar-refractivity contribution in [3.63, 3.8) is 0 Å². The summed E-state index contributed by atoms with van der Waals surface area (Å²) in [6.07, 6.45) is 3.34. The second-order valence-corrected chi connectivity index (χ2v) is 5.82. The number of anilines is 1. The molecule has 1 atom stereocenters. The number of halogens is 1. The molecule has 0 unspecified atom stereocenters. The molecule has 0 fully saturated rings. The molecule has 0 saturated heterocycles. The molecule has 0 aromatic carbocycles. The summed E-state index contributed by atoms with van der Waals surface area (Å²) in [5.74, 6) is 1.34. The molecule has 19 heavy (non-hydrogen) atoms. The lowest BCUT2D eigenvalue weighted by atomic mass is 10.1. The van der Waals surface area contributed by atoms with Crippen LogP contribution in [0.5, 0.6) is 0 Å². The van der Waals surface area contributed by atoms with Crippen LogP contribution in [0.3, 0.4) is 0 Å². The molecule has 106 valence electrons. The molecule has 0 aliphatic heterocycles. The number of thioether (sulfide) groups is 1. The molecule has 1 aromatic rings. The summed E-state index contributed by atoms with van der Waals surface area (Å²) >= 11 is 7.68. The quantitative estimate of drug-likeness (QED) is 0.625. The van der Waals surface area contributed by atoms with Crippen LogP contribution in [-0.2, 0) is 4.79 Å². The van der Waals surface area contributed by atoms with Gasteiger partial charge >= 0.3 is 0 Å². The average molecular weight is 303 g/mol. The normalized spacial score (nSPS) is 12.3. The molecule has 1 rings (SSSR count). The SMILES string of the molecule is CSC[C@@H](C)C(=O)NNc1ncnc(Cl)c1C(C)C. The van der Waals surface area contributed by atoms with Gasteiger partial charge in [-0.15, -0.1) is 0 Å². The van der Waals surface area contributed by atoms with Gasteiger partial charge in [-0.2, -0.15) is 11.8 Å². The van der Waals surface area contributed by atoms with Crippen LogP contribution in [0.2, 0.25) is 5.15 Å². The maximum Gasteiger partial charge on any atom is 0.242 e. The van der Waals surface area contributed by atoms with Gasteiger partial charge in [-0.05, 0) is 12.2 Å². The molecule has 5 nitrogen and oxygen atoms in total. The second kappa shape index (κ2) is 7.55. The van der Waals surface area contributed by atoms with Crippen molar-refractivity contribution in [2.24, 2.45) is 5.92 Å². The zero-order valence-electron chi connectivity index (χ0n) is 11.5. The number of carbonyl (C=O) groups excluding carboxylic acids is 1. The molecule has 1 aromatic heterocycles. The number of nitrogens with zero attached hydrogens (tertiary/aromatic N) is 2. The van der Waals surface area contributed by atoms with Gasteiger partial charge in [0.05, 0.1) is 0 Å². The van der Waals surface area contributed by atoms with E-state index in [0.29, 0.717) is 11.0 Å². The van der Waals surface area contributed by atoms with Gasteiger partial charge in [-0.25, -0.2) is 9.97 Å². The minimum absolute atomic E-state index is 0.0673. The highest BCUT2D eigenvalue weighted by molar-refractivity contribution is 7.98. The largest absolute Gasteiger partial charge is 0.281 e. The fraction of sp³-hybridized carbons (Fsp3) is 0.583. The van der Waals surface area contributed by atoms with E-state index < -0.39 is 0 Å². The van der Waals surface area contributed by atoms with Crippen molar-refractivity contribution in [2.75, 3.05) is 17.4 Å². The van der Waals surface area contributed by atoms with E-state index >= 15 is 0 Å². The van der Waals surface area contributed by atoms with Crippen LogP contribution >= 0.6 is 23.4 Å². The maximum atomic E-state index is 11.8. The first-order valence-corrected chi connectivity index (χ1v) is 7.79. The molecule has 0 aliphatic carbocycles. The Kier molecular flexibility index (Phi) is 6.37. The summed E-state index contributed by atoms with van der Waals surface area (Å²) in [7, 11) is 0. The van der Waals surface area contributed by atoms with Crippen molar-refractivity contribution in [2.45, 2.75) is 26.7 Å². The monoisotopic (exact) mass is 302 g/mol. The van der Waals surface area contributed by atoms with E-state index in [1.807, 2.05) is 27.0 Å². The minimum Gasteiger partial charge on any atom is -0.281 e. The highest BCUT2D eigenvalue weighted by atomic mass is 35.5. The second-order valence-electron chi connectivity index (χ2n) is 4.55. The van der Waals surface area contributed by atoms with Gasteiger partial charge < -0.3 is 0 Å². The lowest BCUT2D eigenvalue weighted by Crippen LogP contribution is -2.35. The fourth-order valence-electron chi connectivity index (χ4n) is 1.56. The molecular formula is C12H19ClN4OS. The molecule has 0 bridgehead atoms. The standard InChI is InChI=1S/C12H19ClN4OS/c1-7(2)9-10(13)14-6-15-11(9)16-17-12(18)8(3)5-19-4/h6-8H,5H2,1-4H3,(H,17,18)(H,14,15,16)/t8-/m1/s1. The Balaban J connectivity index is 2.73. The molecule has 7 heteroatoms. The number of amides is 1. The molecule has 0 spiro atoms. The first kappa shape index (κ1) is 16.0. The van der Waals surface area contributed by atoms with Crippen LogP contribution in [0.15, 0.2) is 6.33 Å². The summed E-state index contributed by atoms with van der Waals surface area (Å²) in [4.78, 5) is 19.9. The Morgan fingerprint density at radius 2 is 2.11 bits per heavy atom. The molecular weight excluding hydrogens is 284 g/mol. The van der Waals surface area contributed by atoms with Crippen LogP contribution in [-0.4, -0.2) is 27.9 Å². The van der Waals surface area contributed by atoms with Crippen LogP contribution in [0.4, 0.5) is 5.82 Å². The average Bonchev–Trinajstić information content (AvgIpc) is 2.35. The minimum atomic E-state index is -0.0706. The summed E-state index contributed by atoms with van der Waals surface area (Å²) in [6.45, 7) is 5.87. The third-order valence-corrected chi connectivity index (χ3v) is 3.72. The Hall–Kier alpha value is -1.01. The maximum absolute atomic E-state index is 11.8. The van der Waals surface area contributed by atoms with Gasteiger partial charge in [0.15, 0.2) is 5.82 Å². The third-order valence-electron chi connectivity index (χ3n) is 2.58. The van der Waals surface area contributed by atoms with Gasteiger partial charge in [0, 0.05) is 17.2 Å². The predicted molar refractivity (Wildman–Crippen MR) is 80.4 cm³/mol. The van der Waals surface area contributed by atoms with E-state index in [0.717, 1.165) is 11.3 Å². The lowest BCUT2D eigenvalue weighted by Gasteiger charge is -2.16. The molecule has 0 radical (unpaired) electrons. The smallest absolute Gasteiger partial charge is 0.242 e. The number of hydrogen-bond donors (Lipinski definition) is 2. The topological polar surface area (TPSA) is 66.9 Å². The van der Waals surface area contributed by atoms with Crippen molar-refractivity contribution in [1.29, 1.82) is 0 Å². The predicted octanol–water partition coefficient (Wildman–Crippen LogP) is 2.70. The first-order chi connectivity index (χ1) is 8.97. The number of nitrogens with one attached hydrogen (secondary N) is 2. The Morgan fingerprint density at radius 1 is 1.42 bits per heavy atom. The molecule has 0 saturated carbocycles. The Morgan fingerprint density at radius 3 is 2.68 bits per heavy atom. The zero-order valence-corrected chi connectivity index (χ0v) is 13.1. The Bertz CT molecular complexity index is 442. The van der Waals surface area contributed by atoms with Crippen LogP contribution in [0.1, 0.15) is 32.3 Å². The molecule has 0 aliphatic rings. The first-order valence-electron chi connectivity index (χ1n) is 6.02. The third kappa shape index (κ3) is 4.54. The zero-order chi connectivity index (χ0) is 14.4. The van der Waals surface area contributed by atoms with E-state index in [-0.39, 0.29) is 17.7 Å². The number of carbonyl (C=O) groups is 1. The van der Waals surface area contributed by atoms with E-state index in [4.69, 9.17) is 11.6 Å². The summed E-state index contributed by atoms with van der Waals surface area (Å²) in [5.41, 5.74) is 6.28. The van der Waals surface area contributed by atoms with Crippen molar-refractivity contribution in [3.8, 4) is 0 Å². The summed E-state index contributed by atoms with van der Waals surface area (Å²) in [5, 5.41) is 0.402. The van der Waals surface area contributed by atoms with E-state index in [1.54, 1.807) is 11.8 Å². The summed E-state index contributed by atoms with van der Waals surface area (Å²) in [6, 6.07) is 0. The number of hydrazine groups is 1. The summed E-state index contributed by atoms with van der Waals surface area (Å²) < 4.78 is 0. The Labute approximate surface area is 122 Å². The highest BCUT2D eigenvalue weighted by Crippen LogP contribution is 2.27. The van der Waals surface area contributed by atoms with Crippen LogP contribution < -0.4 is 10.9 Å². The van der Waals surface area contributed by atoms with Gasteiger partial charge in [-0.1, -0.05) is 32.4 Å². The van der Waals surface area contributed by atoms with Gasteiger partial charge in [0.1, 0.15) is 11.5 Å². The van der Waals surface area contributed by atoms with Crippen molar-refractivity contribution in [1.82, 2.24) is 15.4 Å². The molecule has 2 N–H and O–H groups in total. The molecule has 1 heterocycles. The van der Waals surface area contributed by atoms with Crippen LogP contribution in [0.25, 0.3) is 0 Å². The van der Waals surface area contributed by atoms with E-state index in [9.17, 15) is 4.79 Å². The van der Waals surface area contributed by atoms with Crippen molar-refractivity contribution < 1.29 is 4.79 Å². The van der Waals surface area contributed by atoms with Crippen molar-refractivity contribution >= 4 is 35.1 Å². The van der Waals surface area contributed by atoms with Crippen molar-refractivity contribution in [3.05, 3.63) is 17.0 Å². The number of rotatable bonds is 6. The highest BCUT2D eigenvalue weighted by Gasteiger charge is 2.16. The molecule has 1 amide bonds.